The normalized spacial score (nSPS) is 20.7. The molecule has 1 aliphatic heterocycles. The Morgan fingerprint density at radius 1 is 1.07 bits per heavy atom. The van der Waals surface area contributed by atoms with Gasteiger partial charge in [-0.1, -0.05) is 38.1 Å². The molecule has 0 bridgehead atoms. The lowest BCUT2D eigenvalue weighted by atomic mass is 9.85. The Morgan fingerprint density at radius 2 is 1.66 bits per heavy atom. The van der Waals surface area contributed by atoms with Crippen molar-refractivity contribution < 1.29 is 23.9 Å². The molecule has 0 unspecified atom stereocenters. The van der Waals surface area contributed by atoms with Crippen LogP contribution in [0.1, 0.15) is 44.6 Å². The molecular weight excluding hydrogens is 372 g/mol. The van der Waals surface area contributed by atoms with Crippen molar-refractivity contribution in [2.24, 2.45) is 11.8 Å². The largest absolute Gasteiger partial charge is 0.456 e. The van der Waals surface area contributed by atoms with E-state index in [0.29, 0.717) is 24.4 Å². The van der Waals surface area contributed by atoms with Gasteiger partial charge in [0.05, 0.1) is 18.3 Å². The van der Waals surface area contributed by atoms with Gasteiger partial charge in [-0.2, -0.15) is 0 Å². The third-order valence-corrected chi connectivity index (χ3v) is 5.36. The number of hydrogen-bond donors (Lipinski definition) is 1. The lowest BCUT2D eigenvalue weighted by Crippen LogP contribution is -2.33. The van der Waals surface area contributed by atoms with Gasteiger partial charge in [-0.15, -0.1) is 0 Å². The molecule has 0 saturated carbocycles. The van der Waals surface area contributed by atoms with Gasteiger partial charge in [0, 0.05) is 12.2 Å². The Labute approximate surface area is 170 Å². The SMILES string of the molecule is CC(C)c1ccc(NC(=O)COC(=O)CCN2C(=O)[C@H]3CC=CC[C@H]3C2=O)cc1. The highest BCUT2D eigenvalue weighted by Gasteiger charge is 2.46. The van der Waals surface area contributed by atoms with Gasteiger partial charge < -0.3 is 10.1 Å². The second kappa shape index (κ2) is 9.03. The highest BCUT2D eigenvalue weighted by molar-refractivity contribution is 6.05. The number of ether oxygens (including phenoxy) is 1. The van der Waals surface area contributed by atoms with Crippen LogP contribution in [0, 0.1) is 11.8 Å². The maximum Gasteiger partial charge on any atom is 0.308 e. The number of carbonyl (C=O) groups excluding carboxylic acids is 4. The van der Waals surface area contributed by atoms with E-state index in [9.17, 15) is 19.2 Å². The van der Waals surface area contributed by atoms with Crippen LogP contribution in [0.4, 0.5) is 5.69 Å². The van der Waals surface area contributed by atoms with Crippen LogP contribution in [0.5, 0.6) is 0 Å². The minimum absolute atomic E-state index is 0.0121. The average Bonchev–Trinajstić information content (AvgIpc) is 2.95. The van der Waals surface area contributed by atoms with Crippen LogP contribution in [-0.4, -0.2) is 41.7 Å². The summed E-state index contributed by atoms with van der Waals surface area (Å²) >= 11 is 0. The smallest absolute Gasteiger partial charge is 0.308 e. The van der Waals surface area contributed by atoms with E-state index in [0.717, 1.165) is 10.5 Å². The number of carbonyl (C=O) groups is 4. The molecular formula is C22H26N2O5. The Hall–Kier alpha value is -2.96. The Morgan fingerprint density at radius 3 is 2.21 bits per heavy atom. The molecule has 3 rings (SSSR count). The molecule has 2 atom stereocenters. The minimum Gasteiger partial charge on any atom is -0.456 e. The molecule has 1 saturated heterocycles. The number of allylic oxidation sites excluding steroid dienone is 2. The molecule has 1 aromatic carbocycles. The molecule has 1 fully saturated rings. The predicted octanol–water partition coefficient (Wildman–Crippen LogP) is 2.63. The molecule has 0 radical (unpaired) electrons. The fourth-order valence-electron chi connectivity index (χ4n) is 3.66. The molecule has 154 valence electrons. The molecule has 29 heavy (non-hydrogen) atoms. The Kier molecular flexibility index (Phi) is 6.46. The number of benzene rings is 1. The number of imide groups is 1. The van der Waals surface area contributed by atoms with Crippen molar-refractivity contribution in [2.75, 3.05) is 18.5 Å². The first kappa shape index (κ1) is 20.8. The number of rotatable bonds is 7. The predicted molar refractivity (Wildman–Crippen MR) is 107 cm³/mol. The van der Waals surface area contributed by atoms with E-state index >= 15 is 0 Å². The minimum atomic E-state index is -0.621. The van der Waals surface area contributed by atoms with Gasteiger partial charge in [0.15, 0.2) is 6.61 Å². The van der Waals surface area contributed by atoms with Gasteiger partial charge in [0.25, 0.3) is 5.91 Å². The number of esters is 1. The second-order valence-electron chi connectivity index (χ2n) is 7.72. The molecule has 1 aromatic rings. The first-order chi connectivity index (χ1) is 13.9. The van der Waals surface area contributed by atoms with Crippen LogP contribution in [0.25, 0.3) is 0 Å². The number of anilines is 1. The number of nitrogens with one attached hydrogen (secondary N) is 1. The van der Waals surface area contributed by atoms with Crippen LogP contribution < -0.4 is 5.32 Å². The summed E-state index contributed by atoms with van der Waals surface area (Å²) in [6, 6.07) is 7.47. The third-order valence-electron chi connectivity index (χ3n) is 5.36. The molecule has 3 amide bonds. The van der Waals surface area contributed by atoms with Gasteiger partial charge in [0.2, 0.25) is 11.8 Å². The summed E-state index contributed by atoms with van der Waals surface area (Å²) in [6.07, 6.45) is 4.84. The lowest BCUT2D eigenvalue weighted by Gasteiger charge is -2.14. The number of nitrogens with zero attached hydrogens (tertiary/aromatic N) is 1. The monoisotopic (exact) mass is 398 g/mol. The zero-order valence-electron chi connectivity index (χ0n) is 16.7. The summed E-state index contributed by atoms with van der Waals surface area (Å²) in [5.74, 6) is -1.73. The van der Waals surface area contributed by atoms with Crippen molar-refractivity contribution in [3.8, 4) is 0 Å². The summed E-state index contributed by atoms with van der Waals surface area (Å²) in [6.45, 7) is 3.74. The molecule has 0 aromatic heterocycles. The number of likely N-dealkylation sites (tertiary alicyclic amines) is 1. The highest BCUT2D eigenvalue weighted by atomic mass is 16.5. The number of hydrogen-bond acceptors (Lipinski definition) is 5. The first-order valence-electron chi connectivity index (χ1n) is 9.92. The first-order valence-corrected chi connectivity index (χ1v) is 9.92. The van der Waals surface area contributed by atoms with Crippen molar-refractivity contribution in [3.05, 3.63) is 42.0 Å². The summed E-state index contributed by atoms with van der Waals surface area (Å²) in [5, 5.41) is 2.67. The Bertz CT molecular complexity index is 802. The van der Waals surface area contributed by atoms with Crippen LogP contribution >= 0.6 is 0 Å². The second-order valence-corrected chi connectivity index (χ2v) is 7.72. The Balaban J connectivity index is 1.41. The van der Waals surface area contributed by atoms with Gasteiger partial charge in [-0.05, 0) is 36.5 Å². The molecule has 1 heterocycles. The molecule has 7 heteroatoms. The summed E-state index contributed by atoms with van der Waals surface area (Å²) in [4.78, 5) is 49.8. The number of amides is 3. The van der Waals surface area contributed by atoms with Gasteiger partial charge >= 0.3 is 5.97 Å². The van der Waals surface area contributed by atoms with E-state index in [4.69, 9.17) is 4.74 Å². The van der Waals surface area contributed by atoms with Crippen molar-refractivity contribution in [3.63, 3.8) is 0 Å². The fraction of sp³-hybridized carbons (Fsp3) is 0.455. The van der Waals surface area contributed by atoms with E-state index in [1.165, 1.54) is 0 Å². The van der Waals surface area contributed by atoms with Crippen molar-refractivity contribution in [2.45, 2.75) is 39.0 Å². The van der Waals surface area contributed by atoms with Crippen molar-refractivity contribution in [1.82, 2.24) is 4.90 Å². The van der Waals surface area contributed by atoms with E-state index < -0.39 is 18.5 Å². The van der Waals surface area contributed by atoms with Crippen molar-refractivity contribution >= 4 is 29.4 Å². The van der Waals surface area contributed by atoms with E-state index in [1.807, 2.05) is 24.3 Å². The van der Waals surface area contributed by atoms with Crippen LogP contribution in [0.2, 0.25) is 0 Å². The molecule has 2 aliphatic rings. The molecule has 0 spiro atoms. The zero-order valence-corrected chi connectivity index (χ0v) is 16.7. The van der Waals surface area contributed by atoms with Crippen molar-refractivity contribution in [1.29, 1.82) is 0 Å². The average molecular weight is 398 g/mol. The molecule has 1 aliphatic carbocycles. The van der Waals surface area contributed by atoms with E-state index in [-0.39, 0.29) is 36.6 Å². The highest BCUT2D eigenvalue weighted by Crippen LogP contribution is 2.35. The van der Waals surface area contributed by atoms with Crippen LogP contribution in [0.15, 0.2) is 36.4 Å². The van der Waals surface area contributed by atoms with E-state index in [1.54, 1.807) is 12.1 Å². The van der Waals surface area contributed by atoms with Gasteiger partial charge in [0.1, 0.15) is 0 Å². The fourth-order valence-corrected chi connectivity index (χ4v) is 3.66. The van der Waals surface area contributed by atoms with E-state index in [2.05, 4.69) is 19.2 Å². The van der Waals surface area contributed by atoms with Gasteiger partial charge in [-0.25, -0.2) is 0 Å². The van der Waals surface area contributed by atoms with Crippen LogP contribution in [-0.2, 0) is 23.9 Å². The van der Waals surface area contributed by atoms with Crippen LogP contribution in [0.3, 0.4) is 0 Å². The summed E-state index contributed by atoms with van der Waals surface area (Å²) in [5.41, 5.74) is 1.79. The summed E-state index contributed by atoms with van der Waals surface area (Å²) < 4.78 is 4.97. The third kappa shape index (κ3) is 4.91. The topological polar surface area (TPSA) is 92.8 Å². The summed E-state index contributed by atoms with van der Waals surface area (Å²) in [7, 11) is 0. The maximum absolute atomic E-state index is 12.4. The molecule has 7 nitrogen and oxygen atoms in total. The van der Waals surface area contributed by atoms with Gasteiger partial charge in [-0.3, -0.25) is 24.1 Å². The quantitative estimate of drug-likeness (QED) is 0.433. The molecule has 1 N–H and O–H groups in total. The standard InChI is InChI=1S/C22H26N2O5/c1-14(2)15-7-9-16(10-8-15)23-19(25)13-29-20(26)11-12-24-21(27)17-5-3-4-6-18(17)22(24)28/h3-4,7-10,14,17-18H,5-6,11-13H2,1-2H3,(H,23,25)/t17-,18+. The zero-order chi connectivity index (χ0) is 21.0. The maximum atomic E-state index is 12.4. The number of fused-ring (bicyclic) bond motifs is 1. The lowest BCUT2D eigenvalue weighted by molar-refractivity contribution is -0.148.